The molecule has 20 heavy (non-hydrogen) atoms. The molecule has 0 aliphatic carbocycles. The van der Waals surface area contributed by atoms with Crippen LogP contribution in [0.5, 0.6) is 0 Å². The number of halogens is 3. The summed E-state index contributed by atoms with van der Waals surface area (Å²) >= 11 is 0. The molecule has 8 heteroatoms. The van der Waals surface area contributed by atoms with Crippen molar-refractivity contribution in [2.45, 2.75) is 45.5 Å². The third kappa shape index (κ3) is 5.02. The number of carbonyl (C=O) groups is 1. The average Bonchev–Trinajstić information content (AvgIpc) is 2.26. The number of hydrogen-bond acceptors (Lipinski definition) is 4. The Labute approximate surface area is 115 Å². The summed E-state index contributed by atoms with van der Waals surface area (Å²) in [4.78, 5) is 11.8. The van der Waals surface area contributed by atoms with E-state index in [4.69, 9.17) is 0 Å². The molecule has 1 aromatic heterocycles. The predicted octanol–water partition coefficient (Wildman–Crippen LogP) is 2.21. The van der Waals surface area contributed by atoms with E-state index in [0.717, 1.165) is 12.1 Å². The SMILES string of the molecule is CC(Nc1ccc(C(F)(F)F)nn1)C(=O)NC(C)(C)C. The molecule has 0 aromatic carbocycles. The Kier molecular flexibility index (Phi) is 4.57. The Hall–Kier alpha value is -1.86. The molecule has 0 saturated carbocycles. The maximum Gasteiger partial charge on any atom is 0.435 e. The minimum absolute atomic E-state index is 0.106. The Morgan fingerprint density at radius 2 is 1.80 bits per heavy atom. The first-order valence-corrected chi connectivity index (χ1v) is 5.98. The number of hydrogen-bond donors (Lipinski definition) is 2. The van der Waals surface area contributed by atoms with Gasteiger partial charge in [0.2, 0.25) is 5.91 Å². The van der Waals surface area contributed by atoms with Gasteiger partial charge in [-0.3, -0.25) is 4.79 Å². The number of nitrogens with zero attached hydrogens (tertiary/aromatic N) is 2. The number of anilines is 1. The summed E-state index contributed by atoms with van der Waals surface area (Å²) in [7, 11) is 0. The molecule has 0 aliphatic heterocycles. The zero-order chi connectivity index (χ0) is 15.6. The van der Waals surface area contributed by atoms with Crippen molar-refractivity contribution < 1.29 is 18.0 Å². The molecule has 1 unspecified atom stereocenters. The van der Waals surface area contributed by atoms with E-state index in [1.807, 2.05) is 20.8 Å². The number of aromatic nitrogens is 2. The van der Waals surface area contributed by atoms with E-state index in [0.29, 0.717) is 0 Å². The van der Waals surface area contributed by atoms with Crippen LogP contribution in [0.3, 0.4) is 0 Å². The summed E-state index contributed by atoms with van der Waals surface area (Å²) in [6, 6.07) is 1.31. The van der Waals surface area contributed by atoms with Gasteiger partial charge in [-0.2, -0.15) is 13.2 Å². The zero-order valence-electron chi connectivity index (χ0n) is 11.7. The lowest BCUT2D eigenvalue weighted by atomic mass is 10.1. The minimum atomic E-state index is -4.53. The molecular formula is C12H17F3N4O. The van der Waals surface area contributed by atoms with E-state index < -0.39 is 23.5 Å². The largest absolute Gasteiger partial charge is 0.435 e. The number of carbonyl (C=O) groups excluding carboxylic acids is 1. The molecule has 0 radical (unpaired) electrons. The third-order valence-corrected chi connectivity index (χ3v) is 2.21. The molecule has 1 aromatic rings. The Morgan fingerprint density at radius 1 is 1.20 bits per heavy atom. The van der Waals surface area contributed by atoms with Crippen LogP contribution >= 0.6 is 0 Å². The van der Waals surface area contributed by atoms with Crippen molar-refractivity contribution in [3.8, 4) is 0 Å². The lowest BCUT2D eigenvalue weighted by Crippen LogP contribution is -2.47. The van der Waals surface area contributed by atoms with Gasteiger partial charge in [0, 0.05) is 5.54 Å². The predicted molar refractivity (Wildman–Crippen MR) is 68.0 cm³/mol. The molecule has 5 nitrogen and oxygen atoms in total. The second-order valence-electron chi connectivity index (χ2n) is 5.41. The Morgan fingerprint density at radius 3 is 2.20 bits per heavy atom. The molecule has 2 N–H and O–H groups in total. The van der Waals surface area contributed by atoms with Crippen molar-refractivity contribution in [3.63, 3.8) is 0 Å². The van der Waals surface area contributed by atoms with Crippen LogP contribution in [-0.2, 0) is 11.0 Å². The molecule has 1 atom stereocenters. The van der Waals surface area contributed by atoms with Gasteiger partial charge in [-0.25, -0.2) is 0 Å². The average molecular weight is 290 g/mol. The van der Waals surface area contributed by atoms with Gasteiger partial charge in [0.25, 0.3) is 0 Å². The molecule has 0 spiro atoms. The van der Waals surface area contributed by atoms with Crippen LogP contribution < -0.4 is 10.6 Å². The third-order valence-electron chi connectivity index (χ3n) is 2.21. The maximum atomic E-state index is 12.3. The molecule has 0 aliphatic rings. The van der Waals surface area contributed by atoms with E-state index in [1.165, 1.54) is 0 Å². The molecule has 0 fully saturated rings. The molecule has 0 bridgehead atoms. The fourth-order valence-corrected chi connectivity index (χ4v) is 1.33. The fourth-order valence-electron chi connectivity index (χ4n) is 1.33. The lowest BCUT2D eigenvalue weighted by Gasteiger charge is -2.23. The normalized spacial score (nSPS) is 13.8. The molecule has 1 amide bonds. The number of rotatable bonds is 3. The monoisotopic (exact) mass is 290 g/mol. The summed E-state index contributed by atoms with van der Waals surface area (Å²) in [5.74, 6) is -0.172. The first-order valence-electron chi connectivity index (χ1n) is 5.98. The van der Waals surface area contributed by atoms with Crippen LogP contribution in [0, 0.1) is 0 Å². The summed E-state index contributed by atoms with van der Waals surface area (Å²) in [6.45, 7) is 7.07. The van der Waals surface area contributed by atoms with Crippen LogP contribution in [0.4, 0.5) is 19.0 Å². The van der Waals surface area contributed by atoms with Gasteiger partial charge in [-0.1, -0.05) is 0 Å². The van der Waals surface area contributed by atoms with Crippen molar-refractivity contribution in [1.82, 2.24) is 15.5 Å². The van der Waals surface area contributed by atoms with Crippen molar-refractivity contribution in [1.29, 1.82) is 0 Å². The highest BCUT2D eigenvalue weighted by molar-refractivity contribution is 5.84. The molecular weight excluding hydrogens is 273 g/mol. The van der Waals surface area contributed by atoms with Crippen LogP contribution in [0.2, 0.25) is 0 Å². The summed E-state index contributed by atoms with van der Waals surface area (Å²) < 4.78 is 36.9. The first-order chi connectivity index (χ1) is 8.99. The standard InChI is InChI=1S/C12H17F3N4O/c1-7(10(20)17-11(2,3)4)16-9-6-5-8(18-19-9)12(13,14)15/h5-7H,1-4H3,(H,16,19)(H,17,20). The van der Waals surface area contributed by atoms with E-state index in [1.54, 1.807) is 6.92 Å². The van der Waals surface area contributed by atoms with Crippen molar-refractivity contribution in [2.24, 2.45) is 0 Å². The van der Waals surface area contributed by atoms with Gasteiger partial charge in [0.1, 0.15) is 11.9 Å². The van der Waals surface area contributed by atoms with Gasteiger partial charge in [0.05, 0.1) is 0 Å². The van der Waals surface area contributed by atoms with Gasteiger partial charge in [-0.15, -0.1) is 10.2 Å². The quantitative estimate of drug-likeness (QED) is 0.895. The maximum absolute atomic E-state index is 12.3. The topological polar surface area (TPSA) is 66.9 Å². The minimum Gasteiger partial charge on any atom is -0.357 e. The second-order valence-corrected chi connectivity index (χ2v) is 5.41. The van der Waals surface area contributed by atoms with Crippen LogP contribution in [0.1, 0.15) is 33.4 Å². The first kappa shape index (κ1) is 16.2. The van der Waals surface area contributed by atoms with Crippen LogP contribution in [0.25, 0.3) is 0 Å². The molecule has 1 heterocycles. The highest BCUT2D eigenvalue weighted by atomic mass is 19.4. The summed E-state index contributed by atoms with van der Waals surface area (Å²) in [5.41, 5.74) is -1.46. The van der Waals surface area contributed by atoms with Crippen molar-refractivity contribution >= 4 is 11.7 Å². The molecule has 0 saturated heterocycles. The Bertz CT molecular complexity index is 465. The van der Waals surface area contributed by atoms with Crippen molar-refractivity contribution in [3.05, 3.63) is 17.8 Å². The van der Waals surface area contributed by atoms with E-state index in [9.17, 15) is 18.0 Å². The Balaban J connectivity index is 2.67. The van der Waals surface area contributed by atoms with Crippen LogP contribution in [0.15, 0.2) is 12.1 Å². The molecule has 112 valence electrons. The van der Waals surface area contributed by atoms with Gasteiger partial charge >= 0.3 is 6.18 Å². The van der Waals surface area contributed by atoms with E-state index >= 15 is 0 Å². The van der Waals surface area contributed by atoms with Gasteiger partial charge < -0.3 is 10.6 Å². The molecule has 1 rings (SSSR count). The van der Waals surface area contributed by atoms with Crippen molar-refractivity contribution in [2.75, 3.05) is 5.32 Å². The number of nitrogens with one attached hydrogen (secondary N) is 2. The van der Waals surface area contributed by atoms with E-state index in [2.05, 4.69) is 20.8 Å². The summed E-state index contributed by atoms with van der Waals surface area (Å²) in [5, 5.41) is 11.9. The summed E-state index contributed by atoms with van der Waals surface area (Å²) in [6.07, 6.45) is -4.53. The number of amides is 1. The second kappa shape index (κ2) is 5.64. The number of alkyl halides is 3. The van der Waals surface area contributed by atoms with Gasteiger partial charge in [0.15, 0.2) is 5.69 Å². The fraction of sp³-hybridized carbons (Fsp3) is 0.583. The smallest absolute Gasteiger partial charge is 0.357 e. The van der Waals surface area contributed by atoms with Gasteiger partial charge in [-0.05, 0) is 39.8 Å². The zero-order valence-corrected chi connectivity index (χ0v) is 11.7. The highest BCUT2D eigenvalue weighted by Crippen LogP contribution is 2.27. The highest BCUT2D eigenvalue weighted by Gasteiger charge is 2.33. The lowest BCUT2D eigenvalue weighted by molar-refractivity contribution is -0.141. The van der Waals surface area contributed by atoms with Crippen LogP contribution in [-0.4, -0.2) is 27.7 Å². The van der Waals surface area contributed by atoms with E-state index in [-0.39, 0.29) is 11.7 Å².